The van der Waals surface area contributed by atoms with Gasteiger partial charge in [-0.25, -0.2) is 4.79 Å². The van der Waals surface area contributed by atoms with E-state index in [0.29, 0.717) is 0 Å². The number of hydrogen-bond donors (Lipinski definition) is 2. The maximum atomic E-state index is 11.8. The number of carboxylic acid groups (broad SMARTS) is 1. The lowest BCUT2D eigenvalue weighted by atomic mass is 10.1. The Morgan fingerprint density at radius 1 is 1.47 bits per heavy atom. The molecule has 8 heteroatoms. The van der Waals surface area contributed by atoms with Crippen molar-refractivity contribution in [2.24, 2.45) is 0 Å². The van der Waals surface area contributed by atoms with Gasteiger partial charge in [-0.2, -0.15) is 0 Å². The number of hydrogen-bond acceptors (Lipinski definition) is 4. The van der Waals surface area contributed by atoms with Crippen LogP contribution in [-0.2, 0) is 4.79 Å². The lowest BCUT2D eigenvalue weighted by Gasteiger charge is -2.12. The van der Waals surface area contributed by atoms with Crippen molar-refractivity contribution in [2.45, 2.75) is 19.4 Å². The average Bonchev–Trinajstić information content (AvgIpc) is 2.34. The van der Waals surface area contributed by atoms with Crippen LogP contribution in [0.2, 0.25) is 5.02 Å². The van der Waals surface area contributed by atoms with Crippen LogP contribution in [-0.4, -0.2) is 27.9 Å². The van der Waals surface area contributed by atoms with Crippen molar-refractivity contribution < 1.29 is 19.6 Å². The summed E-state index contributed by atoms with van der Waals surface area (Å²) in [5.74, 6) is -1.90. The summed E-state index contributed by atoms with van der Waals surface area (Å²) in [7, 11) is 0. The van der Waals surface area contributed by atoms with Gasteiger partial charge in [0.25, 0.3) is 11.6 Å². The summed E-state index contributed by atoms with van der Waals surface area (Å²) in [5, 5.41) is 21.7. The number of carbonyl (C=O) groups excluding carboxylic acids is 1. The van der Waals surface area contributed by atoms with Gasteiger partial charge in [0.15, 0.2) is 0 Å². The number of nitrogens with zero attached hydrogens (tertiary/aromatic N) is 1. The normalized spacial score (nSPS) is 11.7. The molecule has 102 valence electrons. The number of benzene rings is 1. The summed E-state index contributed by atoms with van der Waals surface area (Å²) < 4.78 is 0. The zero-order valence-electron chi connectivity index (χ0n) is 9.92. The van der Waals surface area contributed by atoms with E-state index in [9.17, 15) is 19.7 Å². The Labute approximate surface area is 113 Å². The number of non-ortho nitro benzene ring substituents is 1. The molecule has 0 saturated heterocycles. The molecule has 1 atom stereocenters. The van der Waals surface area contributed by atoms with Gasteiger partial charge in [0.2, 0.25) is 0 Å². The third-order valence-electron chi connectivity index (χ3n) is 2.37. The number of aliphatic carboxylic acids is 1. The molecule has 0 aliphatic heterocycles. The number of carboxylic acids is 1. The second-order valence-electron chi connectivity index (χ2n) is 3.73. The third kappa shape index (κ3) is 3.92. The van der Waals surface area contributed by atoms with Gasteiger partial charge in [-0.05, 0) is 12.5 Å². The van der Waals surface area contributed by atoms with Crippen molar-refractivity contribution in [3.63, 3.8) is 0 Å². The summed E-state index contributed by atoms with van der Waals surface area (Å²) in [6.07, 6.45) is 0.198. The monoisotopic (exact) mass is 286 g/mol. The minimum absolute atomic E-state index is 0.0303. The summed E-state index contributed by atoms with van der Waals surface area (Å²) in [4.78, 5) is 32.5. The SMILES string of the molecule is CCC(NC(=O)c1cc(Cl)cc([N+](=O)[O-])c1)C(=O)O. The van der Waals surface area contributed by atoms with Gasteiger partial charge in [-0.15, -0.1) is 0 Å². The average molecular weight is 287 g/mol. The van der Waals surface area contributed by atoms with Crippen LogP contribution in [0.3, 0.4) is 0 Å². The Morgan fingerprint density at radius 3 is 2.58 bits per heavy atom. The van der Waals surface area contributed by atoms with E-state index in [1.54, 1.807) is 6.92 Å². The second kappa shape index (κ2) is 6.14. The van der Waals surface area contributed by atoms with Crippen molar-refractivity contribution >= 4 is 29.2 Å². The molecule has 0 saturated carbocycles. The van der Waals surface area contributed by atoms with E-state index in [1.165, 1.54) is 6.07 Å². The number of halogens is 1. The predicted octanol–water partition coefficient (Wildman–Crippen LogP) is 1.84. The maximum Gasteiger partial charge on any atom is 0.326 e. The zero-order valence-corrected chi connectivity index (χ0v) is 10.7. The molecule has 0 heterocycles. The zero-order chi connectivity index (χ0) is 14.6. The molecular weight excluding hydrogens is 276 g/mol. The van der Waals surface area contributed by atoms with Crippen LogP contribution in [0.15, 0.2) is 18.2 Å². The van der Waals surface area contributed by atoms with Crippen LogP contribution >= 0.6 is 11.6 Å². The highest BCUT2D eigenvalue weighted by Crippen LogP contribution is 2.20. The quantitative estimate of drug-likeness (QED) is 0.634. The van der Waals surface area contributed by atoms with Crippen molar-refractivity contribution in [3.8, 4) is 0 Å². The number of amides is 1. The Hall–Kier alpha value is -2.15. The molecule has 0 aromatic heterocycles. The number of nitrogens with one attached hydrogen (secondary N) is 1. The molecule has 1 amide bonds. The molecule has 0 bridgehead atoms. The Balaban J connectivity index is 2.99. The fourth-order valence-electron chi connectivity index (χ4n) is 1.39. The number of nitro benzene ring substituents is 1. The van der Waals surface area contributed by atoms with Crippen LogP contribution < -0.4 is 5.32 Å². The van der Waals surface area contributed by atoms with Gasteiger partial charge < -0.3 is 10.4 Å². The van der Waals surface area contributed by atoms with Crippen molar-refractivity contribution in [3.05, 3.63) is 38.9 Å². The van der Waals surface area contributed by atoms with Crippen molar-refractivity contribution in [1.82, 2.24) is 5.32 Å². The lowest BCUT2D eigenvalue weighted by molar-refractivity contribution is -0.384. The van der Waals surface area contributed by atoms with Crippen LogP contribution in [0.4, 0.5) is 5.69 Å². The highest BCUT2D eigenvalue weighted by atomic mass is 35.5. The van der Waals surface area contributed by atoms with Gasteiger partial charge in [0.05, 0.1) is 4.92 Å². The smallest absolute Gasteiger partial charge is 0.326 e. The van der Waals surface area contributed by atoms with E-state index in [0.717, 1.165) is 12.1 Å². The molecule has 7 nitrogen and oxygen atoms in total. The minimum atomic E-state index is -1.17. The molecule has 1 rings (SSSR count). The van der Waals surface area contributed by atoms with Gasteiger partial charge in [0, 0.05) is 22.7 Å². The van der Waals surface area contributed by atoms with Crippen LogP contribution in [0.25, 0.3) is 0 Å². The molecule has 1 aromatic rings. The Kier molecular flexibility index (Phi) is 4.82. The summed E-state index contributed by atoms with van der Waals surface area (Å²) in [6, 6.07) is 2.33. The molecular formula is C11H11ClN2O5. The largest absolute Gasteiger partial charge is 0.480 e. The van der Waals surface area contributed by atoms with Crippen LogP contribution in [0.1, 0.15) is 23.7 Å². The first-order valence-corrected chi connectivity index (χ1v) is 5.71. The van der Waals surface area contributed by atoms with Gasteiger partial charge in [-0.1, -0.05) is 18.5 Å². The molecule has 0 spiro atoms. The number of rotatable bonds is 5. The van der Waals surface area contributed by atoms with E-state index in [4.69, 9.17) is 16.7 Å². The highest BCUT2D eigenvalue weighted by Gasteiger charge is 2.20. The van der Waals surface area contributed by atoms with E-state index in [2.05, 4.69) is 5.32 Å². The standard InChI is InChI=1S/C11H11ClN2O5/c1-2-9(11(16)17)13-10(15)6-3-7(12)5-8(4-6)14(18)19/h3-5,9H,2H2,1H3,(H,13,15)(H,16,17). The molecule has 19 heavy (non-hydrogen) atoms. The highest BCUT2D eigenvalue weighted by molar-refractivity contribution is 6.31. The van der Waals surface area contributed by atoms with Crippen molar-refractivity contribution in [2.75, 3.05) is 0 Å². The topological polar surface area (TPSA) is 110 Å². The molecule has 0 radical (unpaired) electrons. The van der Waals surface area contributed by atoms with Crippen LogP contribution in [0, 0.1) is 10.1 Å². The van der Waals surface area contributed by atoms with Gasteiger partial charge in [0.1, 0.15) is 6.04 Å². The fraction of sp³-hybridized carbons (Fsp3) is 0.273. The summed E-state index contributed by atoms with van der Waals surface area (Å²) in [6.45, 7) is 1.60. The fourth-order valence-corrected chi connectivity index (χ4v) is 1.62. The van der Waals surface area contributed by atoms with E-state index < -0.39 is 22.8 Å². The molecule has 0 fully saturated rings. The first-order chi connectivity index (χ1) is 8.85. The summed E-state index contributed by atoms with van der Waals surface area (Å²) in [5.41, 5.74) is -0.389. The van der Waals surface area contributed by atoms with Gasteiger partial charge in [-0.3, -0.25) is 14.9 Å². The molecule has 0 aliphatic carbocycles. The van der Waals surface area contributed by atoms with E-state index in [-0.39, 0.29) is 22.7 Å². The Morgan fingerprint density at radius 2 is 2.11 bits per heavy atom. The third-order valence-corrected chi connectivity index (χ3v) is 2.59. The molecule has 2 N–H and O–H groups in total. The first kappa shape index (κ1) is 14.9. The summed E-state index contributed by atoms with van der Waals surface area (Å²) >= 11 is 5.67. The molecule has 0 aliphatic rings. The first-order valence-electron chi connectivity index (χ1n) is 5.33. The predicted molar refractivity (Wildman–Crippen MR) is 67.3 cm³/mol. The van der Waals surface area contributed by atoms with Crippen LogP contribution in [0.5, 0.6) is 0 Å². The molecule has 1 unspecified atom stereocenters. The second-order valence-corrected chi connectivity index (χ2v) is 4.16. The molecule has 1 aromatic carbocycles. The van der Waals surface area contributed by atoms with E-state index >= 15 is 0 Å². The number of nitro groups is 1. The number of carbonyl (C=O) groups is 2. The Bertz CT molecular complexity index is 532. The van der Waals surface area contributed by atoms with Gasteiger partial charge >= 0.3 is 5.97 Å². The minimum Gasteiger partial charge on any atom is -0.480 e. The van der Waals surface area contributed by atoms with Crippen molar-refractivity contribution in [1.29, 1.82) is 0 Å². The maximum absolute atomic E-state index is 11.8. The lowest BCUT2D eigenvalue weighted by Crippen LogP contribution is -2.40. The van der Waals surface area contributed by atoms with E-state index in [1.807, 2.05) is 0 Å².